The number of hydrogen-bond acceptors (Lipinski definition) is 6. The van der Waals surface area contributed by atoms with Crippen LogP contribution in [0.3, 0.4) is 0 Å². The van der Waals surface area contributed by atoms with E-state index in [-0.39, 0.29) is 16.7 Å². The second kappa shape index (κ2) is 6.86. The van der Waals surface area contributed by atoms with Crippen LogP contribution in [0.15, 0.2) is 47.5 Å². The summed E-state index contributed by atoms with van der Waals surface area (Å²) < 4.78 is 38.5. The number of nitrogens with one attached hydrogen (secondary N) is 1. The molecule has 0 aliphatic carbocycles. The van der Waals surface area contributed by atoms with Crippen molar-refractivity contribution in [3.8, 4) is 11.8 Å². The SMILES string of the molecule is N#Cc1ccc(S(=O)(=O)Nc2ccccc2OC2CCOC2)cn1. The lowest BCUT2D eigenvalue weighted by Crippen LogP contribution is -2.18. The third-order valence-corrected chi connectivity index (χ3v) is 4.82. The molecule has 3 rings (SSSR count). The number of ether oxygens (including phenoxy) is 2. The molecule has 1 saturated heterocycles. The summed E-state index contributed by atoms with van der Waals surface area (Å²) in [7, 11) is -3.83. The first kappa shape index (κ1) is 16.2. The molecule has 0 spiro atoms. The van der Waals surface area contributed by atoms with Gasteiger partial charge in [0.15, 0.2) is 0 Å². The second-order valence-electron chi connectivity index (χ2n) is 5.20. The largest absolute Gasteiger partial charge is 0.486 e. The molecule has 0 radical (unpaired) electrons. The highest BCUT2D eigenvalue weighted by Crippen LogP contribution is 2.28. The van der Waals surface area contributed by atoms with E-state index in [4.69, 9.17) is 14.7 Å². The number of anilines is 1. The summed E-state index contributed by atoms with van der Waals surface area (Å²) in [5, 5.41) is 8.73. The van der Waals surface area contributed by atoms with Crippen LogP contribution in [0.5, 0.6) is 5.75 Å². The summed E-state index contributed by atoms with van der Waals surface area (Å²) in [4.78, 5) is 3.76. The van der Waals surface area contributed by atoms with Gasteiger partial charge >= 0.3 is 0 Å². The van der Waals surface area contributed by atoms with E-state index in [9.17, 15) is 8.42 Å². The van der Waals surface area contributed by atoms with Gasteiger partial charge in [-0.2, -0.15) is 5.26 Å². The lowest BCUT2D eigenvalue weighted by atomic mass is 10.3. The molecule has 0 amide bonds. The summed E-state index contributed by atoms with van der Waals surface area (Å²) >= 11 is 0. The number of rotatable bonds is 5. The van der Waals surface area contributed by atoms with Crippen LogP contribution in [-0.2, 0) is 14.8 Å². The maximum Gasteiger partial charge on any atom is 0.263 e. The van der Waals surface area contributed by atoms with Crippen molar-refractivity contribution in [2.75, 3.05) is 17.9 Å². The summed E-state index contributed by atoms with van der Waals surface area (Å²) in [5.74, 6) is 0.443. The molecule has 8 heteroatoms. The first-order chi connectivity index (χ1) is 11.6. The van der Waals surface area contributed by atoms with E-state index in [0.29, 0.717) is 24.7 Å². The predicted molar refractivity (Wildman–Crippen MR) is 86.1 cm³/mol. The second-order valence-corrected chi connectivity index (χ2v) is 6.88. The van der Waals surface area contributed by atoms with Gasteiger partial charge in [-0.15, -0.1) is 0 Å². The number of pyridine rings is 1. The molecule has 1 unspecified atom stereocenters. The smallest absolute Gasteiger partial charge is 0.263 e. The maximum absolute atomic E-state index is 12.5. The molecule has 1 aliphatic rings. The standard InChI is InChI=1S/C16H15N3O4S/c17-9-12-5-6-14(10-18-12)24(20,21)19-15-3-1-2-4-16(15)23-13-7-8-22-11-13/h1-6,10,13,19H,7-8,11H2. The first-order valence-electron chi connectivity index (χ1n) is 7.31. The Balaban J connectivity index is 1.82. The predicted octanol–water partition coefficient (Wildman–Crippen LogP) is 1.92. The lowest BCUT2D eigenvalue weighted by Gasteiger charge is -2.16. The Morgan fingerprint density at radius 1 is 1.29 bits per heavy atom. The quantitative estimate of drug-likeness (QED) is 0.888. The highest BCUT2D eigenvalue weighted by molar-refractivity contribution is 7.92. The fourth-order valence-electron chi connectivity index (χ4n) is 2.25. The monoisotopic (exact) mass is 345 g/mol. The van der Waals surface area contributed by atoms with Gasteiger partial charge in [0.2, 0.25) is 0 Å². The van der Waals surface area contributed by atoms with Crippen LogP contribution < -0.4 is 9.46 Å². The number of benzene rings is 1. The number of nitrogens with zero attached hydrogens (tertiary/aromatic N) is 2. The Hall–Kier alpha value is -2.63. The lowest BCUT2D eigenvalue weighted by molar-refractivity contribution is 0.142. The van der Waals surface area contributed by atoms with Gasteiger partial charge in [-0.3, -0.25) is 4.72 Å². The van der Waals surface area contributed by atoms with Gasteiger partial charge in [-0.1, -0.05) is 12.1 Å². The molecular formula is C16H15N3O4S. The molecule has 1 aromatic heterocycles. The maximum atomic E-state index is 12.5. The number of para-hydroxylation sites is 2. The number of aromatic nitrogens is 1. The van der Waals surface area contributed by atoms with E-state index in [1.165, 1.54) is 12.1 Å². The van der Waals surface area contributed by atoms with E-state index in [1.54, 1.807) is 24.3 Å². The summed E-state index contributed by atoms with van der Waals surface area (Å²) in [6.07, 6.45) is 1.82. The fourth-order valence-corrected chi connectivity index (χ4v) is 3.26. The van der Waals surface area contributed by atoms with E-state index in [1.807, 2.05) is 6.07 Å². The van der Waals surface area contributed by atoms with Crippen LogP contribution in [0.4, 0.5) is 5.69 Å². The van der Waals surface area contributed by atoms with Gasteiger partial charge < -0.3 is 9.47 Å². The van der Waals surface area contributed by atoms with E-state index in [2.05, 4.69) is 9.71 Å². The zero-order valence-corrected chi connectivity index (χ0v) is 13.5. The van der Waals surface area contributed by atoms with E-state index in [0.717, 1.165) is 12.6 Å². The first-order valence-corrected chi connectivity index (χ1v) is 8.79. The van der Waals surface area contributed by atoms with Crippen LogP contribution in [0, 0.1) is 11.3 Å². The summed E-state index contributed by atoms with van der Waals surface area (Å²) in [6, 6.07) is 11.3. The fraction of sp³-hybridized carbons (Fsp3) is 0.250. The minimum absolute atomic E-state index is 0.0273. The molecule has 1 fully saturated rings. The average molecular weight is 345 g/mol. The normalized spacial score (nSPS) is 17.2. The average Bonchev–Trinajstić information content (AvgIpc) is 3.09. The van der Waals surface area contributed by atoms with Crippen molar-refractivity contribution in [2.24, 2.45) is 0 Å². The number of nitriles is 1. The third-order valence-electron chi connectivity index (χ3n) is 3.47. The zero-order valence-electron chi connectivity index (χ0n) is 12.7. The van der Waals surface area contributed by atoms with Gasteiger partial charge in [0.1, 0.15) is 28.5 Å². The Morgan fingerprint density at radius 2 is 2.12 bits per heavy atom. The molecule has 1 aromatic carbocycles. The molecule has 124 valence electrons. The van der Waals surface area contributed by atoms with Crippen molar-refractivity contribution < 1.29 is 17.9 Å². The highest BCUT2D eigenvalue weighted by Gasteiger charge is 2.21. The van der Waals surface area contributed by atoms with Crippen molar-refractivity contribution in [1.82, 2.24) is 4.98 Å². The van der Waals surface area contributed by atoms with Gasteiger partial charge in [-0.05, 0) is 24.3 Å². The van der Waals surface area contributed by atoms with Crippen LogP contribution in [0.2, 0.25) is 0 Å². The van der Waals surface area contributed by atoms with Crippen LogP contribution in [-0.4, -0.2) is 32.7 Å². The minimum Gasteiger partial charge on any atom is -0.486 e. The van der Waals surface area contributed by atoms with Gasteiger partial charge in [0.05, 0.1) is 18.9 Å². The molecule has 2 heterocycles. The Morgan fingerprint density at radius 3 is 2.79 bits per heavy atom. The molecule has 1 aliphatic heterocycles. The van der Waals surface area contributed by atoms with Gasteiger partial charge in [0, 0.05) is 12.6 Å². The van der Waals surface area contributed by atoms with Crippen molar-refractivity contribution >= 4 is 15.7 Å². The van der Waals surface area contributed by atoms with Crippen molar-refractivity contribution in [1.29, 1.82) is 5.26 Å². The molecule has 2 aromatic rings. The zero-order chi connectivity index (χ0) is 17.0. The molecule has 0 bridgehead atoms. The molecule has 0 saturated carbocycles. The Kier molecular flexibility index (Phi) is 4.64. The van der Waals surface area contributed by atoms with E-state index < -0.39 is 10.0 Å². The Bertz CT molecular complexity index is 854. The van der Waals surface area contributed by atoms with Gasteiger partial charge in [0.25, 0.3) is 10.0 Å². The third kappa shape index (κ3) is 3.64. The molecule has 1 N–H and O–H groups in total. The van der Waals surface area contributed by atoms with Crippen molar-refractivity contribution in [3.05, 3.63) is 48.3 Å². The highest BCUT2D eigenvalue weighted by atomic mass is 32.2. The van der Waals surface area contributed by atoms with Crippen LogP contribution in [0.25, 0.3) is 0 Å². The molecule has 7 nitrogen and oxygen atoms in total. The molecular weight excluding hydrogens is 330 g/mol. The van der Waals surface area contributed by atoms with E-state index >= 15 is 0 Å². The summed E-state index contributed by atoms with van der Waals surface area (Å²) in [6.45, 7) is 1.12. The van der Waals surface area contributed by atoms with Crippen LogP contribution >= 0.6 is 0 Å². The van der Waals surface area contributed by atoms with Gasteiger partial charge in [-0.25, -0.2) is 13.4 Å². The van der Waals surface area contributed by atoms with Crippen molar-refractivity contribution in [2.45, 2.75) is 17.4 Å². The summed E-state index contributed by atoms with van der Waals surface area (Å²) in [5.41, 5.74) is 0.493. The molecule has 24 heavy (non-hydrogen) atoms. The van der Waals surface area contributed by atoms with Crippen LogP contribution in [0.1, 0.15) is 12.1 Å². The van der Waals surface area contributed by atoms with Crippen molar-refractivity contribution in [3.63, 3.8) is 0 Å². The topological polar surface area (TPSA) is 101 Å². The molecule has 1 atom stereocenters. The number of sulfonamides is 1. The minimum atomic E-state index is -3.83. The number of hydrogen-bond donors (Lipinski definition) is 1. The Labute approximate surface area is 139 Å².